The maximum atomic E-state index is 13.1. The molecule has 6 nitrogen and oxygen atoms in total. The van der Waals surface area contributed by atoms with Gasteiger partial charge in [-0.1, -0.05) is 0 Å². The Morgan fingerprint density at radius 3 is 2.56 bits per heavy atom. The van der Waals surface area contributed by atoms with E-state index < -0.39 is 17.3 Å². The number of ether oxygens (including phenoxy) is 1. The molecule has 0 N–H and O–H groups in total. The molecular weight excluding hydrogens is 361 g/mol. The van der Waals surface area contributed by atoms with Gasteiger partial charge < -0.3 is 19.4 Å². The van der Waals surface area contributed by atoms with Gasteiger partial charge in [-0.25, -0.2) is 9.78 Å². The molecule has 0 aromatic carbocycles. The van der Waals surface area contributed by atoms with Crippen LogP contribution < -0.4 is 9.80 Å². The van der Waals surface area contributed by atoms with E-state index in [2.05, 4.69) is 4.98 Å². The number of piperazine rings is 1. The van der Waals surface area contributed by atoms with Gasteiger partial charge in [-0.2, -0.15) is 13.2 Å². The lowest BCUT2D eigenvalue weighted by molar-refractivity contribution is -0.137. The smallest absolute Gasteiger partial charge is 0.417 e. The Morgan fingerprint density at radius 2 is 1.93 bits per heavy atom. The molecule has 0 aliphatic carbocycles. The Hall–Kier alpha value is -2.19. The number of hydrogen-bond donors (Lipinski definition) is 0. The standard InChI is InChI=1S/C18H25F3N4O2/c1-17(2,3)27-16(26)24-7-8-25-13(11-24)5-6-23(4)14-9-12(18(19,20)21)10-22-15(14)25/h9-10,13H,5-8,11H2,1-4H3. The number of pyridine rings is 1. The van der Waals surface area contributed by atoms with E-state index in [-0.39, 0.29) is 12.1 Å². The monoisotopic (exact) mass is 386 g/mol. The Labute approximate surface area is 156 Å². The van der Waals surface area contributed by atoms with E-state index in [0.29, 0.717) is 44.1 Å². The molecule has 3 heterocycles. The van der Waals surface area contributed by atoms with Crippen LogP contribution >= 0.6 is 0 Å². The molecule has 27 heavy (non-hydrogen) atoms. The fourth-order valence-corrected chi connectivity index (χ4v) is 3.44. The number of alkyl halides is 3. The molecule has 0 bridgehead atoms. The number of amides is 1. The molecule has 1 aromatic heterocycles. The predicted octanol–water partition coefficient (Wildman–Crippen LogP) is 3.37. The number of anilines is 2. The van der Waals surface area contributed by atoms with Crippen molar-refractivity contribution < 1.29 is 22.7 Å². The molecule has 1 aromatic rings. The van der Waals surface area contributed by atoms with Crippen LogP contribution in [0, 0.1) is 0 Å². The predicted molar refractivity (Wildman–Crippen MR) is 96.1 cm³/mol. The lowest BCUT2D eigenvalue weighted by Crippen LogP contribution is -2.55. The molecule has 1 saturated heterocycles. The van der Waals surface area contributed by atoms with E-state index in [9.17, 15) is 18.0 Å². The van der Waals surface area contributed by atoms with E-state index in [4.69, 9.17) is 4.74 Å². The van der Waals surface area contributed by atoms with Crippen LogP contribution in [0.2, 0.25) is 0 Å². The Balaban J connectivity index is 1.83. The number of carbonyl (C=O) groups is 1. The number of carbonyl (C=O) groups excluding carboxylic acids is 1. The number of hydrogen-bond acceptors (Lipinski definition) is 5. The zero-order chi connectivity index (χ0) is 20.0. The van der Waals surface area contributed by atoms with E-state index in [0.717, 1.165) is 12.3 Å². The van der Waals surface area contributed by atoms with Crippen molar-refractivity contribution in [3.8, 4) is 0 Å². The first-order valence-electron chi connectivity index (χ1n) is 8.98. The first-order chi connectivity index (χ1) is 12.5. The normalized spacial score (nSPS) is 20.7. The molecule has 9 heteroatoms. The summed E-state index contributed by atoms with van der Waals surface area (Å²) < 4.78 is 44.6. The van der Waals surface area contributed by atoms with Gasteiger partial charge in [0, 0.05) is 45.5 Å². The van der Waals surface area contributed by atoms with Crippen LogP contribution in [0.25, 0.3) is 0 Å². The minimum absolute atomic E-state index is 0.0146. The minimum atomic E-state index is -4.43. The highest BCUT2D eigenvalue weighted by molar-refractivity contribution is 5.72. The summed E-state index contributed by atoms with van der Waals surface area (Å²) in [5, 5.41) is 0. The van der Waals surface area contributed by atoms with Crippen LogP contribution in [-0.4, -0.2) is 60.8 Å². The fraction of sp³-hybridized carbons (Fsp3) is 0.667. The van der Waals surface area contributed by atoms with Gasteiger partial charge in [-0.3, -0.25) is 0 Å². The largest absolute Gasteiger partial charge is 0.444 e. The number of halogens is 3. The van der Waals surface area contributed by atoms with Crippen molar-refractivity contribution in [2.75, 3.05) is 43.0 Å². The van der Waals surface area contributed by atoms with Crippen LogP contribution in [0.3, 0.4) is 0 Å². The van der Waals surface area contributed by atoms with Crippen molar-refractivity contribution in [3.63, 3.8) is 0 Å². The average Bonchev–Trinajstić information content (AvgIpc) is 2.69. The second-order valence-corrected chi connectivity index (χ2v) is 8.05. The molecule has 0 spiro atoms. The van der Waals surface area contributed by atoms with Crippen molar-refractivity contribution in [2.45, 2.75) is 45.0 Å². The highest BCUT2D eigenvalue weighted by atomic mass is 19.4. The second kappa shape index (κ2) is 6.76. The molecule has 1 unspecified atom stereocenters. The van der Waals surface area contributed by atoms with Gasteiger partial charge in [0.25, 0.3) is 0 Å². The summed E-state index contributed by atoms with van der Waals surface area (Å²) in [7, 11) is 1.77. The molecular formula is C18H25F3N4O2. The zero-order valence-electron chi connectivity index (χ0n) is 16.0. The van der Waals surface area contributed by atoms with Crippen LogP contribution in [0.15, 0.2) is 12.3 Å². The quantitative estimate of drug-likeness (QED) is 0.684. The third kappa shape index (κ3) is 4.22. The lowest BCUT2D eigenvalue weighted by Gasteiger charge is -2.41. The Kier molecular flexibility index (Phi) is 4.90. The topological polar surface area (TPSA) is 48.9 Å². The molecule has 0 saturated carbocycles. The van der Waals surface area contributed by atoms with E-state index in [1.165, 1.54) is 0 Å². The van der Waals surface area contributed by atoms with Gasteiger partial charge in [-0.05, 0) is 33.3 Å². The third-order valence-corrected chi connectivity index (χ3v) is 4.79. The number of fused-ring (bicyclic) bond motifs is 3. The maximum Gasteiger partial charge on any atom is 0.417 e. The van der Waals surface area contributed by atoms with Gasteiger partial charge in [0.1, 0.15) is 5.60 Å². The summed E-state index contributed by atoms with van der Waals surface area (Å²) in [6.07, 6.45) is -3.19. The van der Waals surface area contributed by atoms with E-state index >= 15 is 0 Å². The van der Waals surface area contributed by atoms with Crippen LogP contribution in [0.5, 0.6) is 0 Å². The van der Waals surface area contributed by atoms with Crippen molar-refractivity contribution in [1.29, 1.82) is 0 Å². The molecule has 0 radical (unpaired) electrons. The Bertz CT molecular complexity index is 718. The van der Waals surface area contributed by atoms with Crippen molar-refractivity contribution in [2.24, 2.45) is 0 Å². The van der Waals surface area contributed by atoms with Crippen molar-refractivity contribution in [1.82, 2.24) is 9.88 Å². The summed E-state index contributed by atoms with van der Waals surface area (Å²) in [5.41, 5.74) is -0.850. The molecule has 150 valence electrons. The molecule has 1 amide bonds. The fourth-order valence-electron chi connectivity index (χ4n) is 3.44. The number of nitrogens with zero attached hydrogens (tertiary/aromatic N) is 4. The average molecular weight is 386 g/mol. The first-order valence-corrected chi connectivity index (χ1v) is 8.98. The summed E-state index contributed by atoms with van der Waals surface area (Å²) in [6, 6.07) is 1.14. The number of rotatable bonds is 0. The molecule has 1 fully saturated rings. The zero-order valence-corrected chi connectivity index (χ0v) is 16.0. The van der Waals surface area contributed by atoms with Gasteiger partial charge in [0.05, 0.1) is 11.3 Å². The van der Waals surface area contributed by atoms with Crippen molar-refractivity contribution >= 4 is 17.6 Å². The molecule has 2 aliphatic rings. The van der Waals surface area contributed by atoms with Crippen LogP contribution in [0.1, 0.15) is 32.8 Å². The Morgan fingerprint density at radius 1 is 1.22 bits per heavy atom. The molecule has 2 aliphatic heterocycles. The van der Waals surface area contributed by atoms with Crippen LogP contribution in [0.4, 0.5) is 29.5 Å². The van der Waals surface area contributed by atoms with E-state index in [1.54, 1.807) is 16.8 Å². The third-order valence-electron chi connectivity index (χ3n) is 4.79. The minimum Gasteiger partial charge on any atom is -0.444 e. The van der Waals surface area contributed by atoms with E-state index in [1.807, 2.05) is 25.7 Å². The molecule has 3 rings (SSSR count). The van der Waals surface area contributed by atoms with Crippen molar-refractivity contribution in [3.05, 3.63) is 17.8 Å². The van der Waals surface area contributed by atoms with Gasteiger partial charge in [0.2, 0.25) is 0 Å². The highest BCUT2D eigenvalue weighted by Crippen LogP contribution is 2.38. The summed E-state index contributed by atoms with van der Waals surface area (Å²) in [4.78, 5) is 22.0. The van der Waals surface area contributed by atoms with Crippen LogP contribution in [-0.2, 0) is 10.9 Å². The maximum absolute atomic E-state index is 13.1. The van der Waals surface area contributed by atoms with Gasteiger partial charge >= 0.3 is 12.3 Å². The lowest BCUT2D eigenvalue weighted by atomic mass is 10.1. The van der Waals surface area contributed by atoms with Gasteiger partial charge in [-0.15, -0.1) is 0 Å². The number of aromatic nitrogens is 1. The summed E-state index contributed by atoms with van der Waals surface area (Å²) in [5.74, 6) is 0.539. The first kappa shape index (κ1) is 19.6. The second-order valence-electron chi connectivity index (χ2n) is 8.05. The highest BCUT2D eigenvalue weighted by Gasteiger charge is 2.38. The summed E-state index contributed by atoms with van der Waals surface area (Å²) >= 11 is 0. The SMILES string of the molecule is CN1CCC2CN(C(=O)OC(C)(C)C)CCN2c2ncc(C(F)(F)F)cc21. The summed E-state index contributed by atoms with van der Waals surface area (Å²) in [6.45, 7) is 7.45. The van der Waals surface area contributed by atoms with Gasteiger partial charge in [0.15, 0.2) is 5.82 Å². The molecule has 1 atom stereocenters.